The average Bonchev–Trinajstić information content (AvgIpc) is 3.38. The summed E-state index contributed by atoms with van der Waals surface area (Å²) >= 11 is 1.34. The van der Waals surface area contributed by atoms with E-state index in [4.69, 9.17) is 5.73 Å². The van der Waals surface area contributed by atoms with Crippen molar-refractivity contribution in [2.24, 2.45) is 11.7 Å². The summed E-state index contributed by atoms with van der Waals surface area (Å²) in [6.45, 7) is 2.51. The summed E-state index contributed by atoms with van der Waals surface area (Å²) in [5.74, 6) is 0.0969. The van der Waals surface area contributed by atoms with Gasteiger partial charge in [0.05, 0.1) is 5.56 Å². The lowest BCUT2D eigenvalue weighted by molar-refractivity contribution is 0.0935. The van der Waals surface area contributed by atoms with E-state index < -0.39 is 0 Å². The fraction of sp³-hybridized carbons (Fsp3) is 0.368. The number of amides is 2. The topological polar surface area (TPSA) is 84.2 Å². The first-order chi connectivity index (χ1) is 12.1. The summed E-state index contributed by atoms with van der Waals surface area (Å²) in [6.07, 6.45) is 3.16. The molecular weight excluding hydrogens is 370 g/mol. The maximum absolute atomic E-state index is 12.5. The van der Waals surface area contributed by atoms with Crippen molar-refractivity contribution >= 4 is 40.6 Å². The number of hydrogen-bond acceptors (Lipinski definition) is 4. The molecule has 1 fully saturated rings. The number of nitrogens with two attached hydrogens (primary N) is 1. The minimum absolute atomic E-state index is 0. The molecule has 1 aromatic carbocycles. The van der Waals surface area contributed by atoms with E-state index in [1.165, 1.54) is 16.9 Å². The zero-order chi connectivity index (χ0) is 17.8. The third-order valence-corrected chi connectivity index (χ3v) is 5.35. The molecule has 140 valence electrons. The first kappa shape index (κ1) is 20.4. The Hall–Kier alpha value is -1.89. The molecule has 1 aliphatic rings. The summed E-state index contributed by atoms with van der Waals surface area (Å²) < 4.78 is 0. The Labute approximate surface area is 163 Å². The van der Waals surface area contributed by atoms with Crippen LogP contribution in [0.2, 0.25) is 0 Å². The fourth-order valence-corrected chi connectivity index (χ4v) is 3.55. The number of nitrogens with one attached hydrogen (secondary N) is 2. The van der Waals surface area contributed by atoms with E-state index in [1.807, 2.05) is 12.1 Å². The first-order valence-electron chi connectivity index (χ1n) is 8.61. The molecular formula is C19H24ClN3O2S. The van der Waals surface area contributed by atoms with Crippen LogP contribution in [0.5, 0.6) is 0 Å². The lowest BCUT2D eigenvalue weighted by atomic mass is 10.1. The third-order valence-electron chi connectivity index (χ3n) is 4.52. The van der Waals surface area contributed by atoms with E-state index >= 15 is 0 Å². The Morgan fingerprint density at radius 3 is 2.46 bits per heavy atom. The van der Waals surface area contributed by atoms with Gasteiger partial charge in [0.1, 0.15) is 5.00 Å². The van der Waals surface area contributed by atoms with Crippen molar-refractivity contribution in [3.63, 3.8) is 0 Å². The smallest absolute Gasteiger partial charge is 0.256 e. The largest absolute Gasteiger partial charge is 0.348 e. The molecule has 7 heteroatoms. The molecule has 1 heterocycles. The Balaban J connectivity index is 0.00000243. The molecule has 0 spiro atoms. The molecule has 0 aliphatic heterocycles. The van der Waals surface area contributed by atoms with Crippen LogP contribution in [0, 0.1) is 5.92 Å². The fourth-order valence-electron chi connectivity index (χ4n) is 2.77. The molecule has 5 nitrogen and oxygen atoms in total. The molecule has 4 N–H and O–H groups in total. The van der Waals surface area contributed by atoms with Gasteiger partial charge in [0, 0.05) is 18.2 Å². The van der Waals surface area contributed by atoms with Crippen LogP contribution in [0.15, 0.2) is 35.7 Å². The second-order valence-electron chi connectivity index (χ2n) is 6.32. The Kier molecular flexibility index (Phi) is 7.20. The molecule has 1 aromatic heterocycles. The maximum atomic E-state index is 12.5. The SMILES string of the molecule is CCc1ccc(C(=O)Nc2sccc2C(=O)NC(CN)C2CC2)cc1.Cl. The van der Waals surface area contributed by atoms with Crippen LogP contribution in [0.1, 0.15) is 46.0 Å². The summed E-state index contributed by atoms with van der Waals surface area (Å²) in [4.78, 5) is 24.9. The molecule has 26 heavy (non-hydrogen) atoms. The van der Waals surface area contributed by atoms with Crippen molar-refractivity contribution < 1.29 is 9.59 Å². The van der Waals surface area contributed by atoms with E-state index in [0.29, 0.717) is 28.6 Å². The van der Waals surface area contributed by atoms with Crippen LogP contribution >= 0.6 is 23.7 Å². The van der Waals surface area contributed by atoms with Gasteiger partial charge in [0.15, 0.2) is 0 Å². The highest BCUT2D eigenvalue weighted by Gasteiger charge is 2.32. The Bertz CT molecular complexity index is 756. The predicted octanol–water partition coefficient (Wildman–Crippen LogP) is 3.45. The molecule has 2 aromatic rings. The van der Waals surface area contributed by atoms with Gasteiger partial charge in [0.2, 0.25) is 0 Å². The quantitative estimate of drug-likeness (QED) is 0.673. The van der Waals surface area contributed by atoms with E-state index in [0.717, 1.165) is 19.3 Å². The van der Waals surface area contributed by atoms with Crippen molar-refractivity contribution in [3.8, 4) is 0 Å². The number of rotatable bonds is 7. The van der Waals surface area contributed by atoms with E-state index in [1.54, 1.807) is 23.6 Å². The summed E-state index contributed by atoms with van der Waals surface area (Å²) in [6, 6.07) is 9.24. The highest BCUT2D eigenvalue weighted by atomic mass is 35.5. The Morgan fingerprint density at radius 1 is 1.19 bits per heavy atom. The number of hydrogen-bond donors (Lipinski definition) is 3. The van der Waals surface area contributed by atoms with Gasteiger partial charge in [-0.3, -0.25) is 9.59 Å². The summed E-state index contributed by atoms with van der Waals surface area (Å²) in [5.41, 5.74) is 8.00. The van der Waals surface area contributed by atoms with Crippen LogP contribution in [0.3, 0.4) is 0 Å². The lowest BCUT2D eigenvalue weighted by Gasteiger charge is -2.16. The number of halogens is 1. The predicted molar refractivity (Wildman–Crippen MR) is 108 cm³/mol. The molecule has 0 saturated heterocycles. The second kappa shape index (κ2) is 9.16. The van der Waals surface area contributed by atoms with Crippen molar-refractivity contribution in [3.05, 3.63) is 52.4 Å². The van der Waals surface area contributed by atoms with E-state index in [-0.39, 0.29) is 30.3 Å². The molecule has 2 amide bonds. The van der Waals surface area contributed by atoms with Gasteiger partial charge < -0.3 is 16.4 Å². The molecule has 3 rings (SSSR count). The first-order valence-corrected chi connectivity index (χ1v) is 9.49. The van der Waals surface area contributed by atoms with Crippen LogP contribution in [0.4, 0.5) is 5.00 Å². The number of benzene rings is 1. The number of carbonyl (C=O) groups excluding carboxylic acids is 2. The van der Waals surface area contributed by atoms with E-state index in [9.17, 15) is 9.59 Å². The van der Waals surface area contributed by atoms with Gasteiger partial charge in [-0.15, -0.1) is 23.7 Å². The zero-order valence-electron chi connectivity index (χ0n) is 14.7. The van der Waals surface area contributed by atoms with Gasteiger partial charge in [-0.1, -0.05) is 19.1 Å². The number of carbonyl (C=O) groups is 2. The summed E-state index contributed by atoms with van der Waals surface area (Å²) in [5, 5.41) is 8.21. The zero-order valence-corrected chi connectivity index (χ0v) is 16.3. The summed E-state index contributed by atoms with van der Waals surface area (Å²) in [7, 11) is 0. The third kappa shape index (κ3) is 4.84. The van der Waals surface area contributed by atoms with Crippen molar-refractivity contribution in [2.75, 3.05) is 11.9 Å². The molecule has 0 bridgehead atoms. The monoisotopic (exact) mass is 393 g/mol. The van der Waals surface area contributed by atoms with Gasteiger partial charge in [-0.05, 0) is 54.3 Å². The number of aryl methyl sites for hydroxylation is 1. The van der Waals surface area contributed by atoms with Crippen LogP contribution in [0.25, 0.3) is 0 Å². The molecule has 1 unspecified atom stereocenters. The lowest BCUT2D eigenvalue weighted by Crippen LogP contribution is -2.41. The van der Waals surface area contributed by atoms with Gasteiger partial charge in [-0.2, -0.15) is 0 Å². The normalized spacial score (nSPS) is 14.2. The molecule has 0 radical (unpaired) electrons. The molecule has 1 atom stereocenters. The minimum atomic E-state index is -0.211. The maximum Gasteiger partial charge on any atom is 0.256 e. The van der Waals surface area contributed by atoms with Gasteiger partial charge in [-0.25, -0.2) is 0 Å². The molecule has 1 saturated carbocycles. The second-order valence-corrected chi connectivity index (χ2v) is 7.24. The van der Waals surface area contributed by atoms with Crippen molar-refractivity contribution in [2.45, 2.75) is 32.2 Å². The minimum Gasteiger partial charge on any atom is -0.348 e. The van der Waals surface area contributed by atoms with Gasteiger partial charge >= 0.3 is 0 Å². The highest BCUT2D eigenvalue weighted by Crippen LogP contribution is 2.32. The average molecular weight is 394 g/mol. The molecule has 1 aliphatic carbocycles. The van der Waals surface area contributed by atoms with Crippen molar-refractivity contribution in [1.82, 2.24) is 5.32 Å². The van der Waals surface area contributed by atoms with Crippen LogP contribution < -0.4 is 16.4 Å². The van der Waals surface area contributed by atoms with E-state index in [2.05, 4.69) is 17.6 Å². The van der Waals surface area contributed by atoms with Gasteiger partial charge in [0.25, 0.3) is 11.8 Å². The van der Waals surface area contributed by atoms with Crippen LogP contribution in [-0.2, 0) is 6.42 Å². The number of thiophene rings is 1. The highest BCUT2D eigenvalue weighted by molar-refractivity contribution is 7.14. The number of anilines is 1. The van der Waals surface area contributed by atoms with Crippen LogP contribution in [-0.4, -0.2) is 24.4 Å². The standard InChI is InChI=1S/C19H23N3O2S.ClH/c1-2-12-3-5-14(6-4-12)17(23)22-19-15(9-10-25-19)18(24)21-16(11-20)13-7-8-13;/h3-6,9-10,13,16H,2,7-8,11,20H2,1H3,(H,21,24)(H,22,23);1H. The van der Waals surface area contributed by atoms with Crippen molar-refractivity contribution in [1.29, 1.82) is 0 Å². The Morgan fingerprint density at radius 2 is 1.88 bits per heavy atom.